The molecule has 0 saturated heterocycles. The summed E-state index contributed by atoms with van der Waals surface area (Å²) in [6.45, 7) is 5.62. The van der Waals surface area contributed by atoms with Crippen molar-refractivity contribution in [3.8, 4) is 5.75 Å². The summed E-state index contributed by atoms with van der Waals surface area (Å²) in [5.74, 6) is 1.43. The van der Waals surface area contributed by atoms with Gasteiger partial charge in [-0.2, -0.15) is 0 Å². The molecule has 25 heavy (non-hydrogen) atoms. The van der Waals surface area contributed by atoms with Gasteiger partial charge in [0.25, 0.3) is 0 Å². The van der Waals surface area contributed by atoms with Gasteiger partial charge in [-0.15, -0.1) is 0 Å². The van der Waals surface area contributed by atoms with Crippen LogP contribution in [0.15, 0.2) is 48.5 Å². The number of aromatic nitrogens is 2. The maximum Gasteiger partial charge on any atom is 0.356 e. The van der Waals surface area contributed by atoms with Gasteiger partial charge < -0.3 is 9.84 Å². The van der Waals surface area contributed by atoms with Crippen molar-refractivity contribution in [1.29, 1.82) is 0 Å². The number of nitrogens with zero attached hydrogens (tertiary/aromatic N) is 2. The lowest BCUT2D eigenvalue weighted by Gasteiger charge is -2.12. The molecule has 0 unspecified atom stereocenters. The number of aryl methyl sites for hydroxylation is 2. The standard InChI is InChI=1S/C20H25N3O2/c1-3-11-22-18-9-4-5-10-19(18)23(20(22)21)13-16(24)14-25-17-8-6-7-15(2)12-17/h4-10,12,16,21,24H,3,11,13-14H2,1-2H3/p+1/t16-/m0/s1. The SMILES string of the molecule is CCCn1c(N)[n+](C[C@H](O)COc2cccc(C)c2)c2ccccc21. The van der Waals surface area contributed by atoms with Gasteiger partial charge in [-0.05, 0) is 43.2 Å². The van der Waals surface area contributed by atoms with E-state index in [1.165, 1.54) is 0 Å². The molecule has 132 valence electrons. The first-order valence-electron chi connectivity index (χ1n) is 8.74. The van der Waals surface area contributed by atoms with E-state index in [1.807, 2.05) is 54.0 Å². The van der Waals surface area contributed by atoms with E-state index in [-0.39, 0.29) is 6.61 Å². The lowest BCUT2D eigenvalue weighted by Crippen LogP contribution is -2.43. The van der Waals surface area contributed by atoms with Crippen LogP contribution in [0.3, 0.4) is 0 Å². The minimum absolute atomic E-state index is 0.225. The molecule has 5 heteroatoms. The number of imidazole rings is 1. The van der Waals surface area contributed by atoms with Crippen molar-refractivity contribution in [3.05, 3.63) is 54.1 Å². The maximum atomic E-state index is 10.4. The molecule has 1 atom stereocenters. The van der Waals surface area contributed by atoms with Gasteiger partial charge in [-0.25, -0.2) is 9.13 Å². The third kappa shape index (κ3) is 3.77. The van der Waals surface area contributed by atoms with Gasteiger partial charge in [0.05, 0.1) is 6.54 Å². The number of ether oxygens (including phenoxy) is 1. The highest BCUT2D eigenvalue weighted by Crippen LogP contribution is 2.17. The number of nitrogen functional groups attached to an aromatic ring is 1. The Morgan fingerprint density at radius 1 is 1.20 bits per heavy atom. The molecule has 2 aromatic carbocycles. The van der Waals surface area contributed by atoms with E-state index < -0.39 is 6.10 Å². The highest BCUT2D eigenvalue weighted by atomic mass is 16.5. The summed E-state index contributed by atoms with van der Waals surface area (Å²) in [6.07, 6.45) is 0.357. The molecule has 0 radical (unpaired) electrons. The van der Waals surface area contributed by atoms with Gasteiger partial charge >= 0.3 is 5.95 Å². The fourth-order valence-corrected chi connectivity index (χ4v) is 3.12. The van der Waals surface area contributed by atoms with Crippen LogP contribution in [0.25, 0.3) is 11.0 Å². The average Bonchev–Trinajstić information content (AvgIpc) is 2.86. The van der Waals surface area contributed by atoms with E-state index in [0.717, 1.165) is 35.3 Å². The maximum absolute atomic E-state index is 10.4. The molecule has 3 N–H and O–H groups in total. The Kier molecular flexibility index (Phi) is 5.24. The van der Waals surface area contributed by atoms with Crippen LogP contribution in [0, 0.1) is 6.92 Å². The molecular weight excluding hydrogens is 314 g/mol. The van der Waals surface area contributed by atoms with Crippen LogP contribution in [-0.4, -0.2) is 22.4 Å². The van der Waals surface area contributed by atoms with Crippen molar-refractivity contribution in [2.24, 2.45) is 0 Å². The molecule has 0 amide bonds. The number of hydrogen-bond donors (Lipinski definition) is 2. The second-order valence-corrected chi connectivity index (χ2v) is 6.39. The first kappa shape index (κ1) is 17.3. The molecule has 0 aliphatic carbocycles. The largest absolute Gasteiger partial charge is 0.491 e. The molecule has 0 fully saturated rings. The summed E-state index contributed by atoms with van der Waals surface area (Å²) in [6, 6.07) is 15.9. The van der Waals surface area contributed by atoms with Gasteiger partial charge in [0.2, 0.25) is 0 Å². The molecule has 0 aliphatic heterocycles. The number of anilines is 1. The van der Waals surface area contributed by atoms with E-state index in [2.05, 4.69) is 17.6 Å². The number of aliphatic hydroxyl groups is 1. The van der Waals surface area contributed by atoms with E-state index in [9.17, 15) is 5.11 Å². The Labute approximate surface area is 148 Å². The van der Waals surface area contributed by atoms with Crippen molar-refractivity contribution < 1.29 is 14.4 Å². The highest BCUT2D eigenvalue weighted by Gasteiger charge is 2.22. The van der Waals surface area contributed by atoms with E-state index in [0.29, 0.717) is 12.5 Å². The summed E-state index contributed by atoms with van der Waals surface area (Å²) >= 11 is 0. The van der Waals surface area contributed by atoms with Gasteiger partial charge in [0, 0.05) is 0 Å². The summed E-state index contributed by atoms with van der Waals surface area (Å²) < 4.78 is 9.78. The third-order valence-electron chi connectivity index (χ3n) is 4.29. The minimum atomic E-state index is -0.645. The van der Waals surface area contributed by atoms with Crippen LogP contribution >= 0.6 is 0 Å². The molecule has 1 heterocycles. The van der Waals surface area contributed by atoms with E-state index in [1.54, 1.807) is 0 Å². The Morgan fingerprint density at radius 2 is 2.00 bits per heavy atom. The number of nitrogens with two attached hydrogens (primary N) is 1. The van der Waals surface area contributed by atoms with Gasteiger partial charge in [-0.1, -0.05) is 31.2 Å². The monoisotopic (exact) mass is 340 g/mol. The summed E-state index contributed by atoms with van der Waals surface area (Å²) in [4.78, 5) is 0. The lowest BCUT2D eigenvalue weighted by molar-refractivity contribution is -0.665. The zero-order valence-electron chi connectivity index (χ0n) is 14.9. The van der Waals surface area contributed by atoms with Crippen LogP contribution in [-0.2, 0) is 13.1 Å². The van der Waals surface area contributed by atoms with Crippen molar-refractivity contribution >= 4 is 17.0 Å². The number of fused-ring (bicyclic) bond motifs is 1. The zero-order valence-corrected chi connectivity index (χ0v) is 14.9. The van der Waals surface area contributed by atoms with Crippen LogP contribution in [0.4, 0.5) is 5.95 Å². The van der Waals surface area contributed by atoms with E-state index in [4.69, 9.17) is 10.5 Å². The summed E-state index contributed by atoms with van der Waals surface area (Å²) in [7, 11) is 0. The molecule has 0 bridgehead atoms. The molecule has 3 rings (SSSR count). The predicted octanol–water partition coefficient (Wildman–Crippen LogP) is 2.67. The summed E-state index contributed by atoms with van der Waals surface area (Å²) in [5.41, 5.74) is 9.61. The molecule has 3 aromatic rings. The predicted molar refractivity (Wildman–Crippen MR) is 99.5 cm³/mol. The first-order chi connectivity index (χ1) is 12.1. The quantitative estimate of drug-likeness (QED) is 0.650. The van der Waals surface area contributed by atoms with Crippen LogP contribution < -0.4 is 15.0 Å². The fraction of sp³-hybridized carbons (Fsp3) is 0.350. The molecule has 0 aliphatic rings. The van der Waals surface area contributed by atoms with Crippen LogP contribution in [0.5, 0.6) is 5.75 Å². The second-order valence-electron chi connectivity index (χ2n) is 6.39. The van der Waals surface area contributed by atoms with Crippen molar-refractivity contribution in [1.82, 2.24) is 4.57 Å². The Bertz CT molecular complexity index is 857. The van der Waals surface area contributed by atoms with Gasteiger partial charge in [0.15, 0.2) is 0 Å². The first-order valence-corrected chi connectivity index (χ1v) is 8.74. The topological polar surface area (TPSA) is 64.3 Å². The third-order valence-corrected chi connectivity index (χ3v) is 4.29. The number of rotatable bonds is 7. The normalized spacial score (nSPS) is 12.4. The molecule has 1 aromatic heterocycles. The van der Waals surface area contributed by atoms with Crippen molar-refractivity contribution in [2.45, 2.75) is 39.5 Å². The highest BCUT2D eigenvalue weighted by molar-refractivity contribution is 5.73. The fourth-order valence-electron chi connectivity index (χ4n) is 3.12. The van der Waals surface area contributed by atoms with Crippen molar-refractivity contribution in [2.75, 3.05) is 12.3 Å². The number of aliphatic hydroxyl groups excluding tert-OH is 1. The Morgan fingerprint density at radius 3 is 2.76 bits per heavy atom. The Balaban J connectivity index is 1.77. The lowest BCUT2D eigenvalue weighted by atomic mass is 10.2. The smallest absolute Gasteiger partial charge is 0.356 e. The van der Waals surface area contributed by atoms with Crippen molar-refractivity contribution in [3.63, 3.8) is 0 Å². The molecule has 0 saturated carbocycles. The molecule has 0 spiro atoms. The minimum Gasteiger partial charge on any atom is -0.491 e. The second kappa shape index (κ2) is 7.57. The van der Waals surface area contributed by atoms with Crippen LogP contribution in [0.2, 0.25) is 0 Å². The van der Waals surface area contributed by atoms with Gasteiger partial charge in [-0.3, -0.25) is 5.73 Å². The Hall–Kier alpha value is -2.53. The molecule has 5 nitrogen and oxygen atoms in total. The number of hydrogen-bond acceptors (Lipinski definition) is 3. The van der Waals surface area contributed by atoms with Gasteiger partial charge in [0.1, 0.15) is 36.0 Å². The zero-order chi connectivity index (χ0) is 17.8. The summed E-state index contributed by atoms with van der Waals surface area (Å²) in [5, 5.41) is 10.4. The number of para-hydroxylation sites is 2. The average molecular weight is 340 g/mol. The molecular formula is C20H26N3O2+. The number of benzene rings is 2. The van der Waals surface area contributed by atoms with E-state index >= 15 is 0 Å². The van der Waals surface area contributed by atoms with Crippen LogP contribution in [0.1, 0.15) is 18.9 Å².